The van der Waals surface area contributed by atoms with Crippen LogP contribution in [0.5, 0.6) is 17.2 Å². The van der Waals surface area contributed by atoms with Crippen molar-refractivity contribution in [2.45, 2.75) is 6.92 Å². The molecule has 2 aromatic carbocycles. The Morgan fingerprint density at radius 1 is 1.09 bits per heavy atom. The summed E-state index contributed by atoms with van der Waals surface area (Å²) in [5.41, 5.74) is 0.641. The average Bonchev–Trinajstić information content (AvgIpc) is 3.22. The topological polar surface area (TPSA) is 124 Å². The van der Waals surface area contributed by atoms with Crippen LogP contribution in [0.4, 0.5) is 5.82 Å². The minimum Gasteiger partial charge on any atom is -0.497 e. The highest BCUT2D eigenvalue weighted by Crippen LogP contribution is 2.30. The van der Waals surface area contributed by atoms with Crippen molar-refractivity contribution in [3.8, 4) is 23.3 Å². The molecule has 0 atom stereocenters. The molecule has 0 radical (unpaired) electrons. The third-order valence-corrected chi connectivity index (χ3v) is 4.24. The van der Waals surface area contributed by atoms with Gasteiger partial charge >= 0.3 is 5.97 Å². The number of ether oxygens (including phenoxy) is 3. The number of carbonyl (C=O) groups is 2. The summed E-state index contributed by atoms with van der Waals surface area (Å²) in [7, 11) is 2.92. The molecule has 1 amide bonds. The lowest BCUT2D eigenvalue weighted by Crippen LogP contribution is -2.13. The number of carbonyl (C=O) groups excluding carboxylic acids is 2. The van der Waals surface area contributed by atoms with Crippen LogP contribution in [0.15, 0.2) is 58.6 Å². The minimum absolute atomic E-state index is 0.158. The molecule has 0 bridgehead atoms. The van der Waals surface area contributed by atoms with Crippen molar-refractivity contribution in [3.05, 3.63) is 71.0 Å². The number of aromatic nitrogens is 1. The van der Waals surface area contributed by atoms with Crippen molar-refractivity contribution >= 4 is 23.8 Å². The number of nitrogens with zero attached hydrogens (tertiary/aromatic N) is 2. The zero-order chi connectivity index (χ0) is 23.1. The summed E-state index contributed by atoms with van der Waals surface area (Å²) in [6.45, 7) is 1.68. The first-order chi connectivity index (χ1) is 15.4. The predicted molar refractivity (Wildman–Crippen MR) is 114 cm³/mol. The maximum absolute atomic E-state index is 12.5. The van der Waals surface area contributed by atoms with Gasteiger partial charge in [-0.2, -0.15) is 5.26 Å². The molecule has 0 unspecified atom stereocenters. The van der Waals surface area contributed by atoms with Gasteiger partial charge in [0.05, 0.1) is 19.8 Å². The van der Waals surface area contributed by atoms with Crippen molar-refractivity contribution in [1.29, 1.82) is 5.26 Å². The van der Waals surface area contributed by atoms with Crippen molar-refractivity contribution in [2.24, 2.45) is 0 Å². The highest BCUT2D eigenvalue weighted by atomic mass is 16.6. The molecule has 1 aromatic heterocycles. The Kier molecular flexibility index (Phi) is 6.88. The summed E-state index contributed by atoms with van der Waals surface area (Å²) in [5.74, 6) is 0.435. The van der Waals surface area contributed by atoms with E-state index < -0.39 is 11.9 Å². The van der Waals surface area contributed by atoms with Crippen LogP contribution in [0.2, 0.25) is 0 Å². The van der Waals surface area contributed by atoms with Crippen LogP contribution in [0.25, 0.3) is 6.08 Å². The largest absolute Gasteiger partial charge is 0.497 e. The Bertz CT molecular complexity index is 1220. The lowest BCUT2D eigenvalue weighted by molar-refractivity contribution is -0.112. The molecular weight excluding hydrogens is 414 g/mol. The highest BCUT2D eigenvalue weighted by Gasteiger charge is 2.15. The Morgan fingerprint density at radius 2 is 1.91 bits per heavy atom. The number of methoxy groups -OCH3 is 2. The zero-order valence-electron chi connectivity index (χ0n) is 17.5. The van der Waals surface area contributed by atoms with Gasteiger partial charge in [-0.05, 0) is 48.9 Å². The second-order valence-corrected chi connectivity index (χ2v) is 6.48. The first-order valence-electron chi connectivity index (χ1n) is 9.34. The molecule has 0 aliphatic rings. The fourth-order valence-electron chi connectivity index (χ4n) is 2.69. The monoisotopic (exact) mass is 433 g/mol. The third kappa shape index (κ3) is 5.31. The van der Waals surface area contributed by atoms with Gasteiger partial charge in [0.2, 0.25) is 0 Å². The van der Waals surface area contributed by atoms with Gasteiger partial charge in [0.1, 0.15) is 23.2 Å². The van der Waals surface area contributed by atoms with Crippen LogP contribution in [0, 0.1) is 18.3 Å². The number of aryl methyl sites for hydroxylation is 1. The zero-order valence-corrected chi connectivity index (χ0v) is 17.5. The molecule has 162 valence electrons. The lowest BCUT2D eigenvalue weighted by atomic mass is 10.1. The number of nitrogens with one attached hydrogen (secondary N) is 1. The van der Waals surface area contributed by atoms with E-state index in [9.17, 15) is 14.9 Å². The Morgan fingerprint density at radius 3 is 2.56 bits per heavy atom. The summed E-state index contributed by atoms with van der Waals surface area (Å²) in [5, 5.41) is 15.5. The van der Waals surface area contributed by atoms with Crippen molar-refractivity contribution in [3.63, 3.8) is 0 Å². The molecule has 0 saturated carbocycles. The fourth-order valence-corrected chi connectivity index (χ4v) is 2.69. The van der Waals surface area contributed by atoms with Gasteiger partial charge in [0, 0.05) is 6.07 Å². The summed E-state index contributed by atoms with van der Waals surface area (Å²) >= 11 is 0. The molecule has 1 heterocycles. The van der Waals surface area contributed by atoms with Gasteiger partial charge in [-0.1, -0.05) is 17.3 Å². The summed E-state index contributed by atoms with van der Waals surface area (Å²) in [6.07, 6.45) is 1.37. The van der Waals surface area contributed by atoms with Gasteiger partial charge in [-0.15, -0.1) is 0 Å². The van der Waals surface area contributed by atoms with E-state index in [1.807, 2.05) is 6.07 Å². The molecule has 3 aromatic rings. The second kappa shape index (κ2) is 9.95. The summed E-state index contributed by atoms with van der Waals surface area (Å²) in [4.78, 5) is 24.8. The molecule has 3 rings (SSSR count). The van der Waals surface area contributed by atoms with E-state index >= 15 is 0 Å². The smallest absolute Gasteiger partial charge is 0.343 e. The molecule has 0 spiro atoms. The molecule has 1 N–H and O–H groups in total. The average molecular weight is 433 g/mol. The lowest BCUT2D eigenvalue weighted by Gasteiger charge is -2.10. The number of hydrogen-bond donors (Lipinski definition) is 1. The number of anilines is 1. The highest BCUT2D eigenvalue weighted by molar-refractivity contribution is 6.09. The Labute approximate surface area is 183 Å². The van der Waals surface area contributed by atoms with Gasteiger partial charge in [0.25, 0.3) is 5.91 Å². The minimum atomic E-state index is -0.645. The molecule has 0 saturated heterocycles. The molecule has 0 aliphatic carbocycles. The first-order valence-corrected chi connectivity index (χ1v) is 9.34. The SMILES string of the molecule is COc1cccc(C(=O)Oc2ccc(C=C(C#N)C(=O)Nc3cc(C)on3)cc2OC)c1. The van der Waals surface area contributed by atoms with Gasteiger partial charge < -0.3 is 24.1 Å². The quantitative estimate of drug-likeness (QED) is 0.258. The predicted octanol–water partition coefficient (Wildman–Crippen LogP) is 3.77. The van der Waals surface area contributed by atoms with Gasteiger partial charge in [0.15, 0.2) is 17.3 Å². The van der Waals surface area contributed by atoms with E-state index in [1.165, 1.54) is 32.4 Å². The molecule has 0 fully saturated rings. The molecule has 32 heavy (non-hydrogen) atoms. The van der Waals surface area contributed by atoms with Crippen molar-refractivity contribution < 1.29 is 28.3 Å². The van der Waals surface area contributed by atoms with E-state index in [-0.39, 0.29) is 22.9 Å². The first kappa shape index (κ1) is 22.1. The maximum atomic E-state index is 12.5. The molecule has 9 nitrogen and oxygen atoms in total. The van der Waals surface area contributed by atoms with Crippen molar-refractivity contribution in [1.82, 2.24) is 5.16 Å². The number of nitriles is 1. The van der Waals surface area contributed by atoms with Gasteiger partial charge in [-0.25, -0.2) is 4.79 Å². The Balaban J connectivity index is 1.79. The van der Waals surface area contributed by atoms with E-state index in [0.29, 0.717) is 22.6 Å². The van der Waals surface area contributed by atoms with E-state index in [4.69, 9.17) is 18.7 Å². The molecule has 0 aliphatic heterocycles. The number of hydrogen-bond acceptors (Lipinski definition) is 8. The summed E-state index contributed by atoms with van der Waals surface area (Å²) in [6, 6.07) is 14.6. The van der Waals surface area contributed by atoms with E-state index in [2.05, 4.69) is 10.5 Å². The number of benzene rings is 2. The number of amides is 1. The number of rotatable bonds is 7. The molecule has 9 heteroatoms. The Hall–Kier alpha value is -4.58. The second-order valence-electron chi connectivity index (χ2n) is 6.48. The van der Waals surface area contributed by atoms with Crippen LogP contribution >= 0.6 is 0 Å². The van der Waals surface area contributed by atoms with Crippen LogP contribution in [-0.4, -0.2) is 31.3 Å². The van der Waals surface area contributed by atoms with Crippen LogP contribution < -0.4 is 19.5 Å². The van der Waals surface area contributed by atoms with Crippen molar-refractivity contribution in [2.75, 3.05) is 19.5 Å². The van der Waals surface area contributed by atoms with Crippen LogP contribution in [0.1, 0.15) is 21.7 Å². The third-order valence-electron chi connectivity index (χ3n) is 4.24. The summed E-state index contributed by atoms with van der Waals surface area (Å²) < 4.78 is 20.7. The fraction of sp³-hybridized carbons (Fsp3) is 0.130. The van der Waals surface area contributed by atoms with E-state index in [1.54, 1.807) is 43.3 Å². The number of esters is 1. The van der Waals surface area contributed by atoms with Crippen LogP contribution in [-0.2, 0) is 4.79 Å². The standard InChI is InChI=1S/C23H19N3O6/c1-14-9-21(26-32-14)25-22(27)17(13-24)10-15-7-8-19(20(11-15)30-3)31-23(28)16-5-4-6-18(12-16)29-2/h4-12H,1-3H3,(H,25,26,27). The van der Waals surface area contributed by atoms with Crippen LogP contribution in [0.3, 0.4) is 0 Å². The van der Waals surface area contributed by atoms with E-state index in [0.717, 1.165) is 0 Å². The van der Waals surface area contributed by atoms with Gasteiger partial charge in [-0.3, -0.25) is 4.79 Å². The molecular formula is C23H19N3O6. The maximum Gasteiger partial charge on any atom is 0.343 e. The normalized spacial score (nSPS) is 10.8.